The second-order valence-corrected chi connectivity index (χ2v) is 5.85. The van der Waals surface area contributed by atoms with E-state index in [1.807, 2.05) is 54.3 Å². The smallest absolute Gasteiger partial charge is 0.227 e. The van der Waals surface area contributed by atoms with E-state index < -0.39 is 0 Å². The van der Waals surface area contributed by atoms with Crippen molar-refractivity contribution in [2.75, 3.05) is 6.61 Å². The molecule has 3 heteroatoms. The Bertz CT molecular complexity index is 605. The maximum Gasteiger partial charge on any atom is 0.227 e. The molecule has 0 atom stereocenters. The molecule has 23 heavy (non-hydrogen) atoms. The number of carbonyl (C=O) groups is 1. The summed E-state index contributed by atoms with van der Waals surface area (Å²) in [5.41, 5.74) is 2.17. The highest BCUT2D eigenvalue weighted by Gasteiger charge is 2.17. The maximum absolute atomic E-state index is 12.7. The zero-order valence-corrected chi connectivity index (χ0v) is 14.2. The summed E-state index contributed by atoms with van der Waals surface area (Å²) in [6.45, 7) is 7.37. The first-order valence-corrected chi connectivity index (χ1v) is 8.15. The second-order valence-electron chi connectivity index (χ2n) is 5.85. The molecule has 0 N–H and O–H groups in total. The van der Waals surface area contributed by atoms with Crippen LogP contribution in [0.4, 0.5) is 0 Å². The fourth-order valence-electron chi connectivity index (χ4n) is 2.49. The standard InChI is InChI=1S/C20H25NO2/c1-4-23-19-12-10-17(11-13-19)14-20(22)21(16(2)3)15-18-8-6-5-7-9-18/h5-13,16H,4,14-15H2,1-3H3. The number of rotatable bonds is 7. The molecule has 0 saturated carbocycles. The van der Waals surface area contributed by atoms with Gasteiger partial charge in [-0.15, -0.1) is 0 Å². The van der Waals surface area contributed by atoms with Gasteiger partial charge in [0.15, 0.2) is 0 Å². The number of hydrogen-bond acceptors (Lipinski definition) is 2. The number of benzene rings is 2. The van der Waals surface area contributed by atoms with Gasteiger partial charge in [-0.25, -0.2) is 0 Å². The van der Waals surface area contributed by atoms with Gasteiger partial charge in [-0.05, 0) is 44.0 Å². The van der Waals surface area contributed by atoms with E-state index in [1.54, 1.807) is 0 Å². The van der Waals surface area contributed by atoms with Crippen LogP contribution in [0.1, 0.15) is 31.9 Å². The highest BCUT2D eigenvalue weighted by atomic mass is 16.5. The average Bonchev–Trinajstić information content (AvgIpc) is 2.55. The lowest BCUT2D eigenvalue weighted by molar-refractivity contribution is -0.132. The summed E-state index contributed by atoms with van der Waals surface area (Å²) >= 11 is 0. The molecule has 122 valence electrons. The first-order valence-electron chi connectivity index (χ1n) is 8.15. The predicted octanol–water partition coefficient (Wildman–Crippen LogP) is 4.07. The number of amides is 1. The Balaban J connectivity index is 2.03. The van der Waals surface area contributed by atoms with Crippen molar-refractivity contribution in [1.29, 1.82) is 0 Å². The Labute approximate surface area is 138 Å². The van der Waals surface area contributed by atoms with Gasteiger partial charge < -0.3 is 9.64 Å². The monoisotopic (exact) mass is 311 g/mol. The van der Waals surface area contributed by atoms with Crippen molar-refractivity contribution in [3.05, 3.63) is 65.7 Å². The molecule has 0 aliphatic rings. The van der Waals surface area contributed by atoms with E-state index in [4.69, 9.17) is 4.74 Å². The summed E-state index contributed by atoms with van der Waals surface area (Å²) in [5, 5.41) is 0. The van der Waals surface area contributed by atoms with Crippen LogP contribution in [0.3, 0.4) is 0 Å². The van der Waals surface area contributed by atoms with Crippen molar-refractivity contribution >= 4 is 5.91 Å². The van der Waals surface area contributed by atoms with Crippen molar-refractivity contribution in [3.8, 4) is 5.75 Å². The molecular formula is C20H25NO2. The summed E-state index contributed by atoms with van der Waals surface area (Å²) in [6, 6.07) is 18.0. The van der Waals surface area contributed by atoms with Gasteiger partial charge in [0.1, 0.15) is 5.75 Å². The van der Waals surface area contributed by atoms with E-state index in [-0.39, 0.29) is 11.9 Å². The van der Waals surface area contributed by atoms with Gasteiger partial charge in [0.2, 0.25) is 5.91 Å². The van der Waals surface area contributed by atoms with Gasteiger partial charge in [-0.1, -0.05) is 42.5 Å². The fourth-order valence-corrected chi connectivity index (χ4v) is 2.49. The molecule has 1 amide bonds. The Morgan fingerprint density at radius 1 is 1.00 bits per heavy atom. The molecule has 0 radical (unpaired) electrons. The summed E-state index contributed by atoms with van der Waals surface area (Å²) in [5.74, 6) is 0.988. The quantitative estimate of drug-likeness (QED) is 0.771. The van der Waals surface area contributed by atoms with Gasteiger partial charge in [-0.2, -0.15) is 0 Å². The average molecular weight is 311 g/mol. The number of carbonyl (C=O) groups excluding carboxylic acids is 1. The first-order chi connectivity index (χ1) is 11.1. The van der Waals surface area contributed by atoms with Crippen molar-refractivity contribution in [3.63, 3.8) is 0 Å². The van der Waals surface area contributed by atoms with E-state index in [2.05, 4.69) is 26.0 Å². The summed E-state index contributed by atoms with van der Waals surface area (Å²) in [6.07, 6.45) is 0.414. The van der Waals surface area contributed by atoms with E-state index in [1.165, 1.54) is 0 Å². The van der Waals surface area contributed by atoms with Crippen LogP contribution < -0.4 is 4.74 Å². The van der Waals surface area contributed by atoms with Crippen LogP contribution in [-0.4, -0.2) is 23.5 Å². The molecule has 0 aliphatic carbocycles. The Hall–Kier alpha value is -2.29. The van der Waals surface area contributed by atoms with Gasteiger partial charge in [-0.3, -0.25) is 4.79 Å². The lowest BCUT2D eigenvalue weighted by Gasteiger charge is -2.27. The fraction of sp³-hybridized carbons (Fsp3) is 0.350. The normalized spacial score (nSPS) is 10.6. The van der Waals surface area contributed by atoms with E-state index in [0.717, 1.165) is 16.9 Å². The number of hydrogen-bond donors (Lipinski definition) is 0. The zero-order valence-electron chi connectivity index (χ0n) is 14.2. The molecule has 0 aromatic heterocycles. The van der Waals surface area contributed by atoms with E-state index in [9.17, 15) is 4.79 Å². The van der Waals surface area contributed by atoms with Crippen LogP contribution in [-0.2, 0) is 17.8 Å². The topological polar surface area (TPSA) is 29.5 Å². The molecule has 0 spiro atoms. The lowest BCUT2D eigenvalue weighted by Crippen LogP contribution is -2.37. The summed E-state index contributed by atoms with van der Waals surface area (Å²) in [7, 11) is 0. The number of nitrogens with zero attached hydrogens (tertiary/aromatic N) is 1. The third-order valence-corrected chi connectivity index (χ3v) is 3.73. The van der Waals surface area contributed by atoms with Crippen molar-refractivity contribution in [1.82, 2.24) is 4.90 Å². The largest absolute Gasteiger partial charge is 0.494 e. The third kappa shape index (κ3) is 5.13. The maximum atomic E-state index is 12.7. The molecule has 0 aliphatic heterocycles. The van der Waals surface area contributed by atoms with Gasteiger partial charge >= 0.3 is 0 Å². The van der Waals surface area contributed by atoms with E-state index in [0.29, 0.717) is 19.6 Å². The van der Waals surface area contributed by atoms with Gasteiger partial charge in [0.05, 0.1) is 13.0 Å². The van der Waals surface area contributed by atoms with Crippen LogP contribution >= 0.6 is 0 Å². The molecule has 2 aromatic carbocycles. The molecule has 2 aromatic rings. The lowest BCUT2D eigenvalue weighted by atomic mass is 10.1. The first kappa shape index (κ1) is 17.1. The molecule has 0 saturated heterocycles. The van der Waals surface area contributed by atoms with Crippen LogP contribution in [0.15, 0.2) is 54.6 Å². The van der Waals surface area contributed by atoms with Crippen molar-refractivity contribution < 1.29 is 9.53 Å². The highest BCUT2D eigenvalue weighted by Crippen LogP contribution is 2.15. The van der Waals surface area contributed by atoms with Gasteiger partial charge in [0, 0.05) is 12.6 Å². The predicted molar refractivity (Wildman–Crippen MR) is 93.4 cm³/mol. The van der Waals surface area contributed by atoms with Crippen LogP contribution in [0.2, 0.25) is 0 Å². The van der Waals surface area contributed by atoms with Crippen molar-refractivity contribution in [2.24, 2.45) is 0 Å². The van der Waals surface area contributed by atoms with Crippen molar-refractivity contribution in [2.45, 2.75) is 39.8 Å². The third-order valence-electron chi connectivity index (χ3n) is 3.73. The van der Waals surface area contributed by atoms with Crippen LogP contribution in [0, 0.1) is 0 Å². The molecular weight excluding hydrogens is 286 g/mol. The Kier molecular flexibility index (Phi) is 6.21. The minimum atomic E-state index is 0.146. The van der Waals surface area contributed by atoms with Gasteiger partial charge in [0.25, 0.3) is 0 Å². The number of ether oxygens (including phenoxy) is 1. The molecule has 0 heterocycles. The second kappa shape index (κ2) is 8.37. The van der Waals surface area contributed by atoms with Crippen LogP contribution in [0.25, 0.3) is 0 Å². The minimum Gasteiger partial charge on any atom is -0.494 e. The van der Waals surface area contributed by atoms with Crippen LogP contribution in [0.5, 0.6) is 5.75 Å². The highest BCUT2D eigenvalue weighted by molar-refractivity contribution is 5.79. The SMILES string of the molecule is CCOc1ccc(CC(=O)N(Cc2ccccc2)C(C)C)cc1. The summed E-state index contributed by atoms with van der Waals surface area (Å²) in [4.78, 5) is 14.6. The minimum absolute atomic E-state index is 0.146. The molecule has 0 bridgehead atoms. The summed E-state index contributed by atoms with van der Waals surface area (Å²) < 4.78 is 5.44. The molecule has 3 nitrogen and oxygen atoms in total. The molecule has 0 unspecified atom stereocenters. The zero-order chi connectivity index (χ0) is 16.7. The molecule has 0 fully saturated rings. The molecule has 2 rings (SSSR count). The van der Waals surface area contributed by atoms with E-state index >= 15 is 0 Å². The Morgan fingerprint density at radius 2 is 1.65 bits per heavy atom. The Morgan fingerprint density at radius 3 is 2.22 bits per heavy atom.